The highest BCUT2D eigenvalue weighted by molar-refractivity contribution is 5.67. The summed E-state index contributed by atoms with van der Waals surface area (Å²) in [6.45, 7) is 1.29. The van der Waals surface area contributed by atoms with Crippen LogP contribution in [0.1, 0.15) is 18.4 Å². The molecule has 1 aliphatic heterocycles. The first-order valence-corrected chi connectivity index (χ1v) is 6.07. The second-order valence-corrected chi connectivity index (χ2v) is 4.53. The van der Waals surface area contributed by atoms with Crippen LogP contribution in [0, 0.1) is 5.82 Å². The third kappa shape index (κ3) is 3.43. The second-order valence-electron chi connectivity index (χ2n) is 4.53. The standard InChI is InChI=1S/C13H17FN2O2/c14-11-4-1-3-10(7-11)9-18-13(17)16-6-2-5-12(15)8-16/h1,3-4,7,12H,2,5-6,8-9,15H2. The molecule has 4 nitrogen and oxygen atoms in total. The van der Waals surface area contributed by atoms with Gasteiger partial charge in [0.2, 0.25) is 0 Å². The van der Waals surface area contributed by atoms with Crippen LogP contribution in [0.5, 0.6) is 0 Å². The molecule has 0 spiro atoms. The lowest BCUT2D eigenvalue weighted by molar-refractivity contribution is 0.0861. The van der Waals surface area contributed by atoms with Gasteiger partial charge in [-0.3, -0.25) is 0 Å². The number of amides is 1. The van der Waals surface area contributed by atoms with Gasteiger partial charge in [0, 0.05) is 19.1 Å². The van der Waals surface area contributed by atoms with Crippen molar-refractivity contribution < 1.29 is 13.9 Å². The van der Waals surface area contributed by atoms with Crippen molar-refractivity contribution >= 4 is 6.09 Å². The first-order chi connectivity index (χ1) is 8.65. The van der Waals surface area contributed by atoms with Gasteiger partial charge in [-0.2, -0.15) is 0 Å². The Bertz CT molecular complexity index is 425. The molecule has 1 aromatic carbocycles. The Morgan fingerprint density at radius 1 is 1.56 bits per heavy atom. The fourth-order valence-corrected chi connectivity index (χ4v) is 2.04. The summed E-state index contributed by atoms with van der Waals surface area (Å²) in [4.78, 5) is 13.4. The molecule has 0 aliphatic carbocycles. The fraction of sp³-hybridized carbons (Fsp3) is 0.462. The van der Waals surface area contributed by atoms with Crippen LogP contribution in [-0.2, 0) is 11.3 Å². The number of likely N-dealkylation sites (tertiary alicyclic amines) is 1. The number of rotatable bonds is 2. The Labute approximate surface area is 106 Å². The molecule has 1 saturated heterocycles. The number of hydrogen-bond acceptors (Lipinski definition) is 3. The summed E-state index contributed by atoms with van der Waals surface area (Å²) in [6, 6.07) is 6.05. The summed E-state index contributed by atoms with van der Waals surface area (Å²) >= 11 is 0. The number of halogens is 1. The lowest BCUT2D eigenvalue weighted by atomic mass is 10.1. The van der Waals surface area contributed by atoms with Crippen molar-refractivity contribution in [1.82, 2.24) is 4.90 Å². The molecule has 18 heavy (non-hydrogen) atoms. The van der Waals surface area contributed by atoms with Crippen LogP contribution in [-0.4, -0.2) is 30.1 Å². The van der Waals surface area contributed by atoms with Crippen molar-refractivity contribution in [1.29, 1.82) is 0 Å². The Hall–Kier alpha value is -1.62. The summed E-state index contributed by atoms with van der Waals surface area (Å²) in [6.07, 6.45) is 1.46. The maximum atomic E-state index is 12.9. The fourth-order valence-electron chi connectivity index (χ4n) is 2.04. The van der Waals surface area contributed by atoms with Gasteiger partial charge in [-0.05, 0) is 30.5 Å². The van der Waals surface area contributed by atoms with E-state index in [0.717, 1.165) is 12.8 Å². The predicted molar refractivity (Wildman–Crippen MR) is 65.4 cm³/mol. The highest BCUT2D eigenvalue weighted by Crippen LogP contribution is 2.11. The quantitative estimate of drug-likeness (QED) is 0.874. The zero-order chi connectivity index (χ0) is 13.0. The number of nitrogens with two attached hydrogens (primary N) is 1. The molecule has 1 aliphatic rings. The highest BCUT2D eigenvalue weighted by atomic mass is 19.1. The molecule has 0 radical (unpaired) electrons. The van der Waals surface area contributed by atoms with E-state index in [9.17, 15) is 9.18 Å². The Morgan fingerprint density at radius 3 is 3.11 bits per heavy atom. The van der Waals surface area contributed by atoms with Gasteiger partial charge in [0.15, 0.2) is 0 Å². The monoisotopic (exact) mass is 252 g/mol. The number of carbonyl (C=O) groups excluding carboxylic acids is 1. The Balaban J connectivity index is 1.84. The van der Waals surface area contributed by atoms with Crippen LogP contribution in [0.15, 0.2) is 24.3 Å². The molecule has 2 N–H and O–H groups in total. The zero-order valence-electron chi connectivity index (χ0n) is 10.1. The molecule has 1 amide bonds. The molecular weight excluding hydrogens is 235 g/mol. The highest BCUT2D eigenvalue weighted by Gasteiger charge is 2.22. The van der Waals surface area contributed by atoms with Crippen molar-refractivity contribution in [3.63, 3.8) is 0 Å². The van der Waals surface area contributed by atoms with Crippen LogP contribution in [0.2, 0.25) is 0 Å². The van der Waals surface area contributed by atoms with Gasteiger partial charge in [0.1, 0.15) is 12.4 Å². The summed E-state index contributed by atoms with van der Waals surface area (Å²) < 4.78 is 18.1. The molecule has 1 atom stereocenters. The summed E-state index contributed by atoms with van der Waals surface area (Å²) in [5.41, 5.74) is 6.43. The van der Waals surface area contributed by atoms with Gasteiger partial charge < -0.3 is 15.4 Å². The predicted octanol–water partition coefficient (Wildman–Crippen LogP) is 1.89. The topological polar surface area (TPSA) is 55.6 Å². The zero-order valence-corrected chi connectivity index (χ0v) is 10.1. The van der Waals surface area contributed by atoms with Crippen LogP contribution in [0.3, 0.4) is 0 Å². The Morgan fingerprint density at radius 2 is 2.39 bits per heavy atom. The minimum atomic E-state index is -0.380. The van der Waals surface area contributed by atoms with Gasteiger partial charge in [-0.1, -0.05) is 12.1 Å². The van der Waals surface area contributed by atoms with E-state index in [1.807, 2.05) is 0 Å². The smallest absolute Gasteiger partial charge is 0.410 e. The van der Waals surface area contributed by atoms with Crippen LogP contribution >= 0.6 is 0 Å². The minimum Gasteiger partial charge on any atom is -0.445 e. The van der Waals surface area contributed by atoms with E-state index >= 15 is 0 Å². The van der Waals surface area contributed by atoms with Gasteiger partial charge >= 0.3 is 6.09 Å². The average molecular weight is 252 g/mol. The van der Waals surface area contributed by atoms with Crippen molar-refractivity contribution in [2.24, 2.45) is 5.73 Å². The van der Waals surface area contributed by atoms with Gasteiger partial charge in [-0.25, -0.2) is 9.18 Å². The first kappa shape index (κ1) is 12.8. The van der Waals surface area contributed by atoms with Crippen molar-refractivity contribution in [3.8, 4) is 0 Å². The van der Waals surface area contributed by atoms with Crippen molar-refractivity contribution in [2.75, 3.05) is 13.1 Å². The number of ether oxygens (including phenoxy) is 1. The van der Waals surface area contributed by atoms with Crippen LogP contribution in [0.25, 0.3) is 0 Å². The summed E-state index contributed by atoms with van der Waals surface area (Å²) in [5.74, 6) is -0.330. The normalized spacial score (nSPS) is 19.7. The molecule has 2 rings (SSSR count). The molecule has 98 valence electrons. The largest absolute Gasteiger partial charge is 0.445 e. The molecule has 0 bridgehead atoms. The molecule has 1 heterocycles. The number of benzene rings is 1. The third-order valence-corrected chi connectivity index (χ3v) is 2.97. The van der Waals surface area contributed by atoms with Crippen LogP contribution in [0.4, 0.5) is 9.18 Å². The molecule has 1 fully saturated rings. The maximum Gasteiger partial charge on any atom is 0.410 e. The molecule has 0 saturated carbocycles. The number of nitrogens with zero attached hydrogens (tertiary/aromatic N) is 1. The van der Waals surface area contributed by atoms with E-state index < -0.39 is 0 Å². The SMILES string of the molecule is NC1CCCN(C(=O)OCc2cccc(F)c2)C1. The minimum absolute atomic E-state index is 0.0282. The van der Waals surface area contributed by atoms with Crippen molar-refractivity contribution in [2.45, 2.75) is 25.5 Å². The van der Waals surface area contributed by atoms with Crippen molar-refractivity contribution in [3.05, 3.63) is 35.6 Å². The third-order valence-electron chi connectivity index (χ3n) is 2.97. The van der Waals surface area contributed by atoms with E-state index in [0.29, 0.717) is 18.7 Å². The molecular formula is C13H17FN2O2. The maximum absolute atomic E-state index is 12.9. The molecule has 1 unspecified atom stereocenters. The van der Waals surface area contributed by atoms with E-state index in [2.05, 4.69) is 0 Å². The number of piperidine rings is 1. The van der Waals surface area contributed by atoms with Crippen LogP contribution < -0.4 is 5.73 Å². The number of hydrogen-bond donors (Lipinski definition) is 1. The van der Waals surface area contributed by atoms with E-state index in [-0.39, 0.29) is 24.6 Å². The number of carbonyl (C=O) groups is 1. The van der Waals surface area contributed by atoms with Gasteiger partial charge in [-0.15, -0.1) is 0 Å². The summed E-state index contributed by atoms with van der Waals surface area (Å²) in [7, 11) is 0. The van der Waals surface area contributed by atoms with E-state index in [4.69, 9.17) is 10.5 Å². The van der Waals surface area contributed by atoms with Gasteiger partial charge in [0.05, 0.1) is 0 Å². The molecule has 1 aromatic rings. The molecule has 5 heteroatoms. The van der Waals surface area contributed by atoms with Gasteiger partial charge in [0.25, 0.3) is 0 Å². The average Bonchev–Trinajstić information content (AvgIpc) is 2.36. The first-order valence-electron chi connectivity index (χ1n) is 6.07. The lowest BCUT2D eigenvalue weighted by Gasteiger charge is -2.29. The lowest BCUT2D eigenvalue weighted by Crippen LogP contribution is -2.45. The second kappa shape index (κ2) is 5.82. The Kier molecular flexibility index (Phi) is 4.15. The summed E-state index contributed by atoms with van der Waals surface area (Å²) in [5, 5.41) is 0. The van der Waals surface area contributed by atoms with E-state index in [1.165, 1.54) is 12.1 Å². The van der Waals surface area contributed by atoms with E-state index in [1.54, 1.807) is 17.0 Å². The molecule has 0 aromatic heterocycles.